The minimum absolute atomic E-state index is 0.178. The SMILES string of the molecule is CCc1cc2c(c3c1=[N+](C)CCC3)[Si](C)(C)c1c(cc3c4c1CCCN4CCC3)C=2c1c(F)c(F)c(F)c(F)c1C(=O)O. The number of benzene rings is 3. The molecule has 0 aliphatic carbocycles. The predicted octanol–water partition coefficient (Wildman–Crippen LogP) is 3.65. The molecule has 3 aromatic rings. The van der Waals surface area contributed by atoms with Gasteiger partial charge in [0.15, 0.2) is 23.3 Å². The van der Waals surface area contributed by atoms with Crippen molar-refractivity contribution in [2.75, 3.05) is 31.6 Å². The third-order valence-electron chi connectivity index (χ3n) is 10.2. The minimum atomic E-state index is -2.58. The Balaban J connectivity index is 1.79. The van der Waals surface area contributed by atoms with Gasteiger partial charge in [0, 0.05) is 47.5 Å². The average molecular weight is 608 g/mol. The van der Waals surface area contributed by atoms with Crippen LogP contribution in [0.15, 0.2) is 12.1 Å². The average Bonchev–Trinajstić information content (AvgIpc) is 2.97. The number of fused-ring (bicyclic) bond motifs is 5. The molecule has 0 unspecified atom stereocenters. The Bertz CT molecular complexity index is 1920. The predicted molar refractivity (Wildman–Crippen MR) is 162 cm³/mol. The van der Waals surface area contributed by atoms with Gasteiger partial charge in [-0.3, -0.25) is 0 Å². The van der Waals surface area contributed by atoms with Crippen LogP contribution in [-0.2, 0) is 25.7 Å². The van der Waals surface area contributed by atoms with Gasteiger partial charge in [-0.2, -0.15) is 0 Å². The summed E-state index contributed by atoms with van der Waals surface area (Å²) >= 11 is 0. The van der Waals surface area contributed by atoms with Crippen molar-refractivity contribution in [3.8, 4) is 0 Å². The lowest BCUT2D eigenvalue weighted by atomic mass is 9.83. The molecule has 0 radical (unpaired) electrons. The highest BCUT2D eigenvalue weighted by atomic mass is 28.3. The Hall–Kier alpha value is -3.46. The lowest BCUT2D eigenvalue weighted by Gasteiger charge is -2.43. The van der Waals surface area contributed by atoms with E-state index in [9.17, 15) is 14.3 Å². The first-order valence-corrected chi connectivity index (χ1v) is 18.3. The number of carboxylic acid groups (broad SMARTS) is 1. The van der Waals surface area contributed by atoms with Crippen molar-refractivity contribution in [3.05, 3.63) is 84.9 Å². The summed E-state index contributed by atoms with van der Waals surface area (Å²) in [5, 5.41) is 14.1. The molecule has 3 aromatic carbocycles. The minimum Gasteiger partial charge on any atom is -0.478 e. The molecular formula is C34H35F4N2O2Si+. The first-order valence-electron chi connectivity index (χ1n) is 15.3. The maximum Gasteiger partial charge on any atom is 0.339 e. The van der Waals surface area contributed by atoms with Crippen LogP contribution in [0, 0.1) is 23.3 Å². The molecule has 0 fully saturated rings. The maximum atomic E-state index is 16.1. The van der Waals surface area contributed by atoms with E-state index in [0.29, 0.717) is 17.2 Å². The molecule has 224 valence electrons. The number of halogens is 4. The number of carbonyl (C=O) groups is 1. The fourth-order valence-electron chi connectivity index (χ4n) is 8.67. The molecule has 0 spiro atoms. The lowest BCUT2D eigenvalue weighted by molar-refractivity contribution is 0.0689. The third-order valence-corrected chi connectivity index (χ3v) is 13.8. The van der Waals surface area contributed by atoms with E-state index in [4.69, 9.17) is 0 Å². The zero-order chi connectivity index (χ0) is 30.5. The Morgan fingerprint density at radius 3 is 2.30 bits per heavy atom. The van der Waals surface area contributed by atoms with Crippen molar-refractivity contribution in [3.63, 3.8) is 0 Å². The maximum absolute atomic E-state index is 16.1. The Kier molecular flexibility index (Phi) is 6.44. The standard InChI is InChI=1S/C34H34F4N2O2Si/c1-5-17-15-21-23(24-25(34(41)42)27(36)29(38)28(37)26(24)35)22-16-18-9-6-13-40-14-8-11-20(31(18)40)33(22)43(3,4)32(21)19-10-7-12-39(2)30(17)19/h15-16H,5-14H2,1-4H3/p+1. The number of aryl methyl sites for hydroxylation is 2. The molecule has 43 heavy (non-hydrogen) atoms. The van der Waals surface area contributed by atoms with E-state index in [-0.39, 0.29) is 5.57 Å². The normalized spacial score (nSPS) is 18.2. The van der Waals surface area contributed by atoms with Crippen LogP contribution in [0.1, 0.15) is 69.9 Å². The van der Waals surface area contributed by atoms with Gasteiger partial charge in [-0.15, -0.1) is 0 Å². The van der Waals surface area contributed by atoms with E-state index in [0.717, 1.165) is 85.0 Å². The van der Waals surface area contributed by atoms with Crippen molar-refractivity contribution < 1.29 is 27.5 Å². The summed E-state index contributed by atoms with van der Waals surface area (Å²) in [6, 6.07) is 4.02. The van der Waals surface area contributed by atoms with Gasteiger partial charge in [0.2, 0.25) is 5.36 Å². The van der Waals surface area contributed by atoms with Crippen LogP contribution in [0.25, 0.3) is 5.57 Å². The Labute approximate surface area is 249 Å². The van der Waals surface area contributed by atoms with Gasteiger partial charge >= 0.3 is 5.97 Å². The molecule has 0 amide bonds. The molecule has 0 saturated heterocycles. The first-order chi connectivity index (χ1) is 20.5. The zero-order valence-corrected chi connectivity index (χ0v) is 26.0. The number of carboxylic acids is 1. The molecule has 1 N–H and O–H groups in total. The van der Waals surface area contributed by atoms with Crippen LogP contribution in [0.5, 0.6) is 0 Å². The number of rotatable bonds is 3. The van der Waals surface area contributed by atoms with Crippen LogP contribution in [-0.4, -0.2) is 45.8 Å². The van der Waals surface area contributed by atoms with Gasteiger partial charge in [0.1, 0.15) is 27.2 Å². The number of aromatic carboxylic acids is 1. The summed E-state index contributed by atoms with van der Waals surface area (Å²) in [5.41, 5.74) is 4.69. The van der Waals surface area contributed by atoms with Crippen LogP contribution >= 0.6 is 0 Å². The lowest BCUT2D eigenvalue weighted by Crippen LogP contribution is -2.67. The van der Waals surface area contributed by atoms with Gasteiger partial charge in [-0.25, -0.2) is 26.9 Å². The van der Waals surface area contributed by atoms with Crippen molar-refractivity contribution in [2.24, 2.45) is 0 Å². The summed E-state index contributed by atoms with van der Waals surface area (Å²) < 4.78 is 63.5. The van der Waals surface area contributed by atoms with E-state index in [1.165, 1.54) is 16.8 Å². The fourth-order valence-corrected chi connectivity index (χ4v) is 12.7. The molecule has 0 bridgehead atoms. The third kappa shape index (κ3) is 3.79. The summed E-state index contributed by atoms with van der Waals surface area (Å²) in [6.45, 7) is 9.45. The topological polar surface area (TPSA) is 43.5 Å². The molecule has 9 heteroatoms. The smallest absolute Gasteiger partial charge is 0.339 e. The van der Waals surface area contributed by atoms with E-state index in [2.05, 4.69) is 29.6 Å². The fraction of sp³-hybridized carbons (Fsp3) is 0.412. The summed E-state index contributed by atoms with van der Waals surface area (Å²) in [6.07, 6.45) is 5.95. The number of anilines is 1. The van der Waals surface area contributed by atoms with Crippen LogP contribution in [0.4, 0.5) is 23.2 Å². The van der Waals surface area contributed by atoms with Crippen molar-refractivity contribution in [1.29, 1.82) is 0 Å². The second kappa shape index (κ2) is 9.77. The molecule has 4 nitrogen and oxygen atoms in total. The van der Waals surface area contributed by atoms with E-state index >= 15 is 13.2 Å². The largest absolute Gasteiger partial charge is 0.478 e. The van der Waals surface area contributed by atoms with Gasteiger partial charge in [-0.1, -0.05) is 20.0 Å². The van der Waals surface area contributed by atoms with Crippen LogP contribution < -0.4 is 30.4 Å². The molecule has 4 heterocycles. The summed E-state index contributed by atoms with van der Waals surface area (Å²) in [4.78, 5) is 15.0. The van der Waals surface area contributed by atoms with E-state index < -0.39 is 48.4 Å². The molecule has 0 aromatic heterocycles. The first kappa shape index (κ1) is 28.3. The molecule has 0 saturated carbocycles. The molecule has 7 rings (SSSR count). The highest BCUT2D eigenvalue weighted by molar-refractivity contribution is 7.02. The van der Waals surface area contributed by atoms with Crippen molar-refractivity contribution in [2.45, 2.75) is 65.0 Å². The second-order valence-corrected chi connectivity index (χ2v) is 17.2. The Morgan fingerprint density at radius 1 is 0.930 bits per heavy atom. The molecule has 4 aliphatic rings. The van der Waals surface area contributed by atoms with E-state index in [1.807, 2.05) is 19.1 Å². The van der Waals surface area contributed by atoms with Crippen LogP contribution in [0.2, 0.25) is 13.1 Å². The van der Waals surface area contributed by atoms with E-state index in [1.54, 1.807) is 0 Å². The van der Waals surface area contributed by atoms with Gasteiger partial charge in [0.25, 0.3) is 0 Å². The van der Waals surface area contributed by atoms with Crippen molar-refractivity contribution in [1.82, 2.24) is 4.58 Å². The number of hydrogen-bond donors (Lipinski definition) is 1. The van der Waals surface area contributed by atoms with Gasteiger partial charge < -0.3 is 10.0 Å². The highest BCUT2D eigenvalue weighted by Gasteiger charge is 2.45. The Morgan fingerprint density at radius 2 is 1.60 bits per heavy atom. The number of nitrogens with zero attached hydrogens (tertiary/aromatic N) is 2. The zero-order valence-electron chi connectivity index (χ0n) is 25.0. The van der Waals surface area contributed by atoms with Crippen LogP contribution in [0.3, 0.4) is 0 Å². The van der Waals surface area contributed by atoms with Crippen molar-refractivity contribution >= 4 is 35.7 Å². The second-order valence-electron chi connectivity index (χ2n) is 13.0. The highest BCUT2D eigenvalue weighted by Crippen LogP contribution is 2.41. The molecular weight excluding hydrogens is 572 g/mol. The quantitative estimate of drug-likeness (QED) is 0.163. The molecule has 4 aliphatic heterocycles. The van der Waals surface area contributed by atoms with Gasteiger partial charge in [-0.05, 0) is 82.9 Å². The number of hydrogen-bond acceptors (Lipinski definition) is 2. The monoisotopic (exact) mass is 607 g/mol. The molecule has 0 atom stereocenters. The summed E-state index contributed by atoms with van der Waals surface area (Å²) in [7, 11) is -0.503. The summed E-state index contributed by atoms with van der Waals surface area (Å²) in [5.74, 6) is -9.47. The van der Waals surface area contributed by atoms with Gasteiger partial charge in [0.05, 0.1) is 0 Å².